The Labute approximate surface area is 137 Å². The fourth-order valence-electron chi connectivity index (χ4n) is 3.92. The molecule has 1 spiro atoms. The number of nitrogens with zero attached hydrogens (tertiary/aromatic N) is 2. The Kier molecular flexibility index (Phi) is 4.87. The molecule has 1 aromatic rings. The quantitative estimate of drug-likeness (QED) is 0.926. The first kappa shape index (κ1) is 16.3. The van der Waals surface area contributed by atoms with Crippen LogP contribution in [0.2, 0.25) is 0 Å². The lowest BCUT2D eigenvalue weighted by atomic mass is 9.87. The number of hydrogen-bond donors (Lipinski definition) is 1. The zero-order valence-corrected chi connectivity index (χ0v) is 13.8. The van der Waals surface area contributed by atoms with Gasteiger partial charge in [0.1, 0.15) is 5.75 Å². The summed E-state index contributed by atoms with van der Waals surface area (Å²) in [5, 5.41) is 9.43. The highest BCUT2D eigenvalue weighted by Gasteiger charge is 2.43. The van der Waals surface area contributed by atoms with Gasteiger partial charge in [0.2, 0.25) is 5.91 Å². The number of ether oxygens (including phenoxy) is 1. The molecule has 1 aromatic carbocycles. The van der Waals surface area contributed by atoms with Gasteiger partial charge in [0, 0.05) is 45.8 Å². The predicted molar refractivity (Wildman–Crippen MR) is 88.2 cm³/mol. The number of amides is 1. The summed E-state index contributed by atoms with van der Waals surface area (Å²) in [7, 11) is 0. The minimum absolute atomic E-state index is 0.0858. The standard InChI is InChI=1S/C18H26N2O3/c1-2-20-17(22)7-10-19(13-15-3-5-16(21)6-4-15)14-18(20)8-11-23-12-9-18/h3-6,21H,2,7-14H2,1H3. The third-order valence-electron chi connectivity index (χ3n) is 5.12. The number of benzene rings is 1. The monoisotopic (exact) mass is 318 g/mol. The van der Waals surface area contributed by atoms with Crippen molar-refractivity contribution in [2.75, 3.05) is 32.8 Å². The lowest BCUT2D eigenvalue weighted by molar-refractivity contribution is -0.140. The van der Waals surface area contributed by atoms with Crippen LogP contribution in [0.1, 0.15) is 31.7 Å². The average molecular weight is 318 g/mol. The smallest absolute Gasteiger partial charge is 0.224 e. The highest BCUT2D eigenvalue weighted by atomic mass is 16.5. The van der Waals surface area contributed by atoms with Crippen LogP contribution < -0.4 is 0 Å². The Hall–Kier alpha value is -1.59. The van der Waals surface area contributed by atoms with E-state index in [4.69, 9.17) is 4.74 Å². The van der Waals surface area contributed by atoms with E-state index in [1.807, 2.05) is 12.1 Å². The first-order valence-corrected chi connectivity index (χ1v) is 8.51. The van der Waals surface area contributed by atoms with E-state index in [9.17, 15) is 9.90 Å². The van der Waals surface area contributed by atoms with Gasteiger partial charge in [0.25, 0.3) is 0 Å². The molecule has 126 valence electrons. The molecule has 0 unspecified atom stereocenters. The molecule has 0 aliphatic carbocycles. The molecule has 0 bridgehead atoms. The van der Waals surface area contributed by atoms with E-state index in [0.717, 1.165) is 52.2 Å². The summed E-state index contributed by atoms with van der Waals surface area (Å²) in [5.74, 6) is 0.556. The Balaban J connectivity index is 1.79. The van der Waals surface area contributed by atoms with Crippen LogP contribution in [0, 0.1) is 0 Å². The van der Waals surface area contributed by atoms with Crippen LogP contribution in [-0.2, 0) is 16.1 Å². The second kappa shape index (κ2) is 6.89. The molecule has 0 atom stereocenters. The third kappa shape index (κ3) is 3.51. The van der Waals surface area contributed by atoms with E-state index in [-0.39, 0.29) is 17.2 Å². The summed E-state index contributed by atoms with van der Waals surface area (Å²) >= 11 is 0. The molecule has 2 saturated heterocycles. The molecule has 2 fully saturated rings. The van der Waals surface area contributed by atoms with Crippen molar-refractivity contribution in [2.45, 2.75) is 38.3 Å². The molecule has 2 aliphatic rings. The van der Waals surface area contributed by atoms with Crippen LogP contribution >= 0.6 is 0 Å². The van der Waals surface area contributed by atoms with Gasteiger partial charge in [-0.25, -0.2) is 0 Å². The zero-order chi connectivity index (χ0) is 16.3. The maximum atomic E-state index is 12.6. The lowest BCUT2D eigenvalue weighted by Crippen LogP contribution is -2.58. The van der Waals surface area contributed by atoms with Gasteiger partial charge in [-0.1, -0.05) is 12.1 Å². The van der Waals surface area contributed by atoms with E-state index < -0.39 is 0 Å². The fourth-order valence-corrected chi connectivity index (χ4v) is 3.92. The number of hydrogen-bond acceptors (Lipinski definition) is 4. The van der Waals surface area contributed by atoms with Crippen LogP contribution in [0.25, 0.3) is 0 Å². The van der Waals surface area contributed by atoms with Crippen LogP contribution in [0.5, 0.6) is 5.75 Å². The summed E-state index contributed by atoms with van der Waals surface area (Å²) < 4.78 is 5.55. The molecular formula is C18H26N2O3. The largest absolute Gasteiger partial charge is 0.508 e. The van der Waals surface area contributed by atoms with Crippen LogP contribution in [0.15, 0.2) is 24.3 Å². The Morgan fingerprint density at radius 1 is 1.22 bits per heavy atom. The van der Waals surface area contributed by atoms with Crippen molar-refractivity contribution in [3.05, 3.63) is 29.8 Å². The Morgan fingerprint density at radius 2 is 1.91 bits per heavy atom. The van der Waals surface area contributed by atoms with Gasteiger partial charge in [0.05, 0.1) is 5.54 Å². The summed E-state index contributed by atoms with van der Waals surface area (Å²) in [4.78, 5) is 17.1. The van der Waals surface area contributed by atoms with Crippen molar-refractivity contribution < 1.29 is 14.6 Å². The van der Waals surface area contributed by atoms with Gasteiger partial charge >= 0.3 is 0 Å². The number of aromatic hydroxyl groups is 1. The maximum Gasteiger partial charge on any atom is 0.224 e. The first-order valence-electron chi connectivity index (χ1n) is 8.51. The van der Waals surface area contributed by atoms with Gasteiger partial charge in [-0.2, -0.15) is 0 Å². The first-order chi connectivity index (χ1) is 11.1. The highest BCUT2D eigenvalue weighted by Crippen LogP contribution is 2.32. The maximum absolute atomic E-state index is 12.6. The molecule has 0 aromatic heterocycles. The highest BCUT2D eigenvalue weighted by molar-refractivity contribution is 5.77. The molecule has 1 N–H and O–H groups in total. The van der Waals surface area contributed by atoms with Gasteiger partial charge in [0.15, 0.2) is 0 Å². The summed E-state index contributed by atoms with van der Waals surface area (Å²) in [5.41, 5.74) is 1.08. The van der Waals surface area contributed by atoms with Crippen molar-refractivity contribution in [3.63, 3.8) is 0 Å². The van der Waals surface area contributed by atoms with Gasteiger partial charge in [-0.15, -0.1) is 0 Å². The molecule has 3 rings (SSSR count). The number of carbonyl (C=O) groups excluding carboxylic acids is 1. The third-order valence-corrected chi connectivity index (χ3v) is 5.12. The summed E-state index contributed by atoms with van der Waals surface area (Å²) in [6.45, 7) is 6.81. The number of likely N-dealkylation sites (N-methyl/N-ethyl adjacent to an activating group) is 1. The normalized spacial score (nSPS) is 22.3. The van der Waals surface area contributed by atoms with E-state index in [0.29, 0.717) is 6.42 Å². The van der Waals surface area contributed by atoms with Crippen molar-refractivity contribution in [1.82, 2.24) is 9.80 Å². The van der Waals surface area contributed by atoms with Crippen LogP contribution in [-0.4, -0.2) is 59.2 Å². The van der Waals surface area contributed by atoms with Gasteiger partial charge in [-0.05, 0) is 37.5 Å². The van der Waals surface area contributed by atoms with E-state index in [2.05, 4.69) is 16.7 Å². The second-order valence-electron chi connectivity index (χ2n) is 6.60. The van der Waals surface area contributed by atoms with Crippen molar-refractivity contribution in [2.24, 2.45) is 0 Å². The predicted octanol–water partition coefficient (Wildman–Crippen LogP) is 2.00. The van der Waals surface area contributed by atoms with Crippen LogP contribution in [0.4, 0.5) is 0 Å². The summed E-state index contributed by atoms with van der Waals surface area (Å²) in [6, 6.07) is 7.36. The van der Waals surface area contributed by atoms with Crippen molar-refractivity contribution >= 4 is 5.91 Å². The molecule has 23 heavy (non-hydrogen) atoms. The zero-order valence-electron chi connectivity index (χ0n) is 13.8. The van der Waals surface area contributed by atoms with E-state index in [1.54, 1.807) is 12.1 Å². The number of phenolic OH excluding ortho intramolecular Hbond substituents is 1. The number of phenols is 1. The minimum atomic E-state index is -0.0858. The number of carbonyl (C=O) groups is 1. The molecular weight excluding hydrogens is 292 g/mol. The molecule has 0 saturated carbocycles. The molecule has 5 nitrogen and oxygen atoms in total. The Bertz CT molecular complexity index is 538. The topological polar surface area (TPSA) is 53.0 Å². The van der Waals surface area contributed by atoms with Crippen LogP contribution in [0.3, 0.4) is 0 Å². The fraction of sp³-hybridized carbons (Fsp3) is 0.611. The average Bonchev–Trinajstić information content (AvgIpc) is 2.67. The molecule has 1 amide bonds. The summed E-state index contributed by atoms with van der Waals surface area (Å²) in [6.07, 6.45) is 2.41. The SMILES string of the molecule is CCN1C(=O)CCN(Cc2ccc(O)cc2)CC12CCOCC2. The lowest BCUT2D eigenvalue weighted by Gasteiger charge is -2.46. The van der Waals surface area contributed by atoms with Crippen molar-refractivity contribution in [3.8, 4) is 5.75 Å². The van der Waals surface area contributed by atoms with Gasteiger partial charge < -0.3 is 14.7 Å². The molecule has 0 radical (unpaired) electrons. The van der Waals surface area contributed by atoms with E-state index in [1.165, 1.54) is 5.56 Å². The van der Waals surface area contributed by atoms with E-state index >= 15 is 0 Å². The van der Waals surface area contributed by atoms with Crippen molar-refractivity contribution in [1.29, 1.82) is 0 Å². The molecule has 5 heteroatoms. The van der Waals surface area contributed by atoms with Gasteiger partial charge in [-0.3, -0.25) is 9.69 Å². The second-order valence-corrected chi connectivity index (χ2v) is 6.60. The molecule has 2 heterocycles. The minimum Gasteiger partial charge on any atom is -0.508 e. The Morgan fingerprint density at radius 3 is 2.57 bits per heavy atom. The number of rotatable bonds is 3. The molecule has 2 aliphatic heterocycles.